The van der Waals surface area contributed by atoms with Crippen LogP contribution in [0.1, 0.15) is 38.3 Å². The van der Waals surface area contributed by atoms with Gasteiger partial charge in [-0.2, -0.15) is 0 Å². The monoisotopic (exact) mass is 318 g/mol. The Bertz CT molecular complexity index is 659. The fraction of sp³-hybridized carbons (Fsp3) is 0.471. The maximum Gasteiger partial charge on any atom is 0.410 e. The average molecular weight is 318 g/mol. The number of ether oxygens (including phenoxy) is 1. The number of carbonyl (C=O) groups excluding carboxylic acids is 1. The van der Waals surface area contributed by atoms with Crippen molar-refractivity contribution in [1.82, 2.24) is 4.90 Å². The number of rotatable bonds is 2. The third kappa shape index (κ3) is 4.31. The van der Waals surface area contributed by atoms with Crippen LogP contribution < -0.4 is 0 Å². The molecule has 1 amide bonds. The zero-order valence-electron chi connectivity index (χ0n) is 14.0. The van der Waals surface area contributed by atoms with Gasteiger partial charge in [0.25, 0.3) is 5.69 Å². The molecule has 23 heavy (non-hydrogen) atoms. The number of nitrogens with zero attached hydrogens (tertiary/aromatic N) is 2. The maximum absolute atomic E-state index is 12.2. The van der Waals surface area contributed by atoms with Crippen molar-refractivity contribution in [2.24, 2.45) is 0 Å². The summed E-state index contributed by atoms with van der Waals surface area (Å²) >= 11 is 0. The Balaban J connectivity index is 2.17. The highest BCUT2D eigenvalue weighted by Gasteiger charge is 2.25. The maximum atomic E-state index is 12.2. The fourth-order valence-electron chi connectivity index (χ4n) is 2.54. The highest BCUT2D eigenvalue weighted by Crippen LogP contribution is 2.27. The van der Waals surface area contributed by atoms with E-state index in [1.54, 1.807) is 17.0 Å². The van der Waals surface area contributed by atoms with Gasteiger partial charge >= 0.3 is 6.09 Å². The molecule has 6 heteroatoms. The van der Waals surface area contributed by atoms with Gasteiger partial charge in [-0.3, -0.25) is 10.1 Å². The lowest BCUT2D eigenvalue weighted by molar-refractivity contribution is -0.384. The van der Waals surface area contributed by atoms with E-state index in [0.717, 1.165) is 23.1 Å². The van der Waals surface area contributed by atoms with Gasteiger partial charge in [0, 0.05) is 25.2 Å². The standard InChI is InChI=1S/C17H22N2O4/c1-12-10-14(19(21)22)7-8-15(12)13-6-5-9-18(11-13)16(20)23-17(2,3)4/h6-8,10H,5,9,11H2,1-4H3. The first-order chi connectivity index (χ1) is 10.7. The van der Waals surface area contributed by atoms with E-state index in [0.29, 0.717) is 13.1 Å². The first-order valence-electron chi connectivity index (χ1n) is 7.60. The minimum Gasteiger partial charge on any atom is -0.444 e. The van der Waals surface area contributed by atoms with E-state index in [1.165, 1.54) is 6.07 Å². The molecule has 1 heterocycles. The van der Waals surface area contributed by atoms with Crippen LogP contribution in [0.2, 0.25) is 0 Å². The molecule has 1 aromatic rings. The summed E-state index contributed by atoms with van der Waals surface area (Å²) < 4.78 is 5.41. The Morgan fingerprint density at radius 3 is 2.61 bits per heavy atom. The molecule has 2 rings (SSSR count). The number of hydrogen-bond donors (Lipinski definition) is 0. The lowest BCUT2D eigenvalue weighted by Crippen LogP contribution is -2.39. The zero-order valence-corrected chi connectivity index (χ0v) is 14.0. The number of nitro benzene ring substituents is 1. The average Bonchev–Trinajstić information content (AvgIpc) is 2.45. The lowest BCUT2D eigenvalue weighted by atomic mass is 9.96. The Kier molecular flexibility index (Phi) is 4.73. The second-order valence-electron chi connectivity index (χ2n) is 6.68. The van der Waals surface area contributed by atoms with Gasteiger partial charge in [-0.15, -0.1) is 0 Å². The molecular formula is C17H22N2O4. The second kappa shape index (κ2) is 6.40. The van der Waals surface area contributed by atoms with Crippen LogP contribution in [-0.2, 0) is 4.74 Å². The van der Waals surface area contributed by atoms with Gasteiger partial charge in [-0.05, 0) is 56.9 Å². The minimum absolute atomic E-state index is 0.0756. The highest BCUT2D eigenvalue weighted by atomic mass is 16.6. The topological polar surface area (TPSA) is 72.7 Å². The van der Waals surface area contributed by atoms with E-state index in [4.69, 9.17) is 4.74 Å². The molecule has 0 bridgehead atoms. The van der Waals surface area contributed by atoms with E-state index >= 15 is 0 Å². The Morgan fingerprint density at radius 1 is 1.35 bits per heavy atom. The third-order valence-electron chi connectivity index (χ3n) is 3.57. The molecule has 0 atom stereocenters. The molecule has 0 aliphatic carbocycles. The van der Waals surface area contributed by atoms with Crippen LogP contribution in [0.3, 0.4) is 0 Å². The van der Waals surface area contributed by atoms with Gasteiger partial charge in [-0.25, -0.2) is 4.79 Å². The molecule has 124 valence electrons. The molecule has 0 saturated carbocycles. The van der Waals surface area contributed by atoms with Crippen molar-refractivity contribution in [3.05, 3.63) is 45.5 Å². The fourth-order valence-corrected chi connectivity index (χ4v) is 2.54. The molecule has 0 spiro atoms. The molecule has 6 nitrogen and oxygen atoms in total. The summed E-state index contributed by atoms with van der Waals surface area (Å²) in [5.41, 5.74) is 2.31. The first-order valence-corrected chi connectivity index (χ1v) is 7.60. The van der Waals surface area contributed by atoms with Gasteiger partial charge in [0.05, 0.1) is 4.92 Å². The van der Waals surface area contributed by atoms with Crippen molar-refractivity contribution in [2.45, 2.75) is 39.7 Å². The predicted molar refractivity (Wildman–Crippen MR) is 88.2 cm³/mol. The van der Waals surface area contributed by atoms with Crippen LogP contribution in [0.5, 0.6) is 0 Å². The smallest absolute Gasteiger partial charge is 0.410 e. The lowest BCUT2D eigenvalue weighted by Gasteiger charge is -2.30. The highest BCUT2D eigenvalue weighted by molar-refractivity contribution is 5.76. The SMILES string of the molecule is Cc1cc([N+](=O)[O-])ccc1C1=CCCN(C(=O)OC(C)(C)C)C1. The van der Waals surface area contributed by atoms with Crippen molar-refractivity contribution < 1.29 is 14.5 Å². The first kappa shape index (κ1) is 17.0. The Hall–Kier alpha value is -2.37. The number of aryl methyl sites for hydroxylation is 1. The van der Waals surface area contributed by atoms with Crippen molar-refractivity contribution in [3.8, 4) is 0 Å². The predicted octanol–water partition coefficient (Wildman–Crippen LogP) is 3.93. The molecule has 1 aliphatic rings. The van der Waals surface area contributed by atoms with Crippen molar-refractivity contribution >= 4 is 17.4 Å². The number of amides is 1. The summed E-state index contributed by atoms with van der Waals surface area (Å²) in [4.78, 5) is 24.3. The van der Waals surface area contributed by atoms with Gasteiger partial charge in [-0.1, -0.05) is 6.08 Å². The van der Waals surface area contributed by atoms with Crippen molar-refractivity contribution in [1.29, 1.82) is 0 Å². The van der Waals surface area contributed by atoms with Crippen LogP contribution in [0.15, 0.2) is 24.3 Å². The van der Waals surface area contributed by atoms with E-state index in [2.05, 4.69) is 6.08 Å². The summed E-state index contributed by atoms with van der Waals surface area (Å²) in [6.07, 6.45) is 2.49. The minimum atomic E-state index is -0.526. The number of non-ortho nitro benzene ring substituents is 1. The number of benzene rings is 1. The summed E-state index contributed by atoms with van der Waals surface area (Å²) in [6, 6.07) is 4.80. The number of carbonyl (C=O) groups is 1. The van der Waals surface area contributed by atoms with Crippen LogP contribution in [0.4, 0.5) is 10.5 Å². The van der Waals surface area contributed by atoms with E-state index in [1.807, 2.05) is 27.7 Å². The van der Waals surface area contributed by atoms with Crippen LogP contribution in [0, 0.1) is 17.0 Å². The van der Waals surface area contributed by atoms with Crippen LogP contribution in [-0.4, -0.2) is 34.6 Å². The normalized spacial score (nSPS) is 15.1. The van der Waals surface area contributed by atoms with E-state index in [9.17, 15) is 14.9 Å². The van der Waals surface area contributed by atoms with Crippen molar-refractivity contribution in [2.75, 3.05) is 13.1 Å². The van der Waals surface area contributed by atoms with Crippen LogP contribution in [0.25, 0.3) is 5.57 Å². The second-order valence-corrected chi connectivity index (χ2v) is 6.68. The molecule has 1 aliphatic heterocycles. The summed E-state index contributed by atoms with van der Waals surface area (Å²) in [6.45, 7) is 8.43. The number of nitro groups is 1. The molecular weight excluding hydrogens is 296 g/mol. The van der Waals surface area contributed by atoms with Gasteiger partial charge in [0.1, 0.15) is 5.60 Å². The Morgan fingerprint density at radius 2 is 2.04 bits per heavy atom. The third-order valence-corrected chi connectivity index (χ3v) is 3.57. The largest absolute Gasteiger partial charge is 0.444 e. The molecule has 0 fully saturated rings. The number of hydrogen-bond acceptors (Lipinski definition) is 4. The van der Waals surface area contributed by atoms with Gasteiger partial charge in [0.15, 0.2) is 0 Å². The summed E-state index contributed by atoms with van der Waals surface area (Å²) in [5, 5.41) is 10.8. The van der Waals surface area contributed by atoms with Crippen LogP contribution >= 0.6 is 0 Å². The molecule has 0 aromatic heterocycles. The van der Waals surface area contributed by atoms with Gasteiger partial charge in [0.2, 0.25) is 0 Å². The molecule has 0 radical (unpaired) electrons. The van der Waals surface area contributed by atoms with Gasteiger partial charge < -0.3 is 9.64 Å². The van der Waals surface area contributed by atoms with Crippen molar-refractivity contribution in [3.63, 3.8) is 0 Å². The summed E-state index contributed by atoms with van der Waals surface area (Å²) in [7, 11) is 0. The molecule has 1 aromatic carbocycles. The molecule has 0 saturated heterocycles. The zero-order chi connectivity index (χ0) is 17.2. The quantitative estimate of drug-likeness (QED) is 0.612. The van der Waals surface area contributed by atoms with E-state index in [-0.39, 0.29) is 11.8 Å². The molecule has 0 N–H and O–H groups in total. The molecule has 0 unspecified atom stereocenters. The Labute approximate surface area is 135 Å². The summed E-state index contributed by atoms with van der Waals surface area (Å²) in [5.74, 6) is 0. The van der Waals surface area contributed by atoms with E-state index < -0.39 is 10.5 Å².